The number of Topliss-reactive ketones (excluding diaryl/α,β-unsaturated/α-hetero) is 2. The fraction of sp³-hybridized carbons (Fsp3) is 0.789. The topological polar surface area (TPSA) is 189 Å². The highest BCUT2D eigenvalue weighted by Gasteiger charge is 2.16. The monoisotopic (exact) mass is 399 g/mol. The average Bonchev–Trinajstić information content (AvgIpc) is 2.60. The van der Waals surface area contributed by atoms with Crippen molar-refractivity contribution in [2.24, 2.45) is 50.5 Å². The van der Waals surface area contributed by atoms with Crippen LogP contribution in [-0.2, 0) is 9.59 Å². The molecule has 9 nitrogen and oxygen atoms in total. The first-order valence-corrected chi connectivity index (χ1v) is 9.80. The lowest BCUT2D eigenvalue weighted by Gasteiger charge is -2.11. The van der Waals surface area contributed by atoms with Gasteiger partial charge in [-0.05, 0) is 32.6 Å². The third-order valence-electron chi connectivity index (χ3n) is 3.87. The van der Waals surface area contributed by atoms with Crippen molar-refractivity contribution < 1.29 is 9.59 Å². The van der Waals surface area contributed by atoms with E-state index in [9.17, 15) is 9.59 Å². The first-order chi connectivity index (χ1) is 12.9. The summed E-state index contributed by atoms with van der Waals surface area (Å²) in [5.74, 6) is 0.883. The smallest absolute Gasteiger partial charge is 0.185 e. The SMILES string of the molecule is CC(C)C(=O)[C@@H](N)CCCN=C(N)N.CC(N)=NCCC[C@@H](N)C(=O)C(C)C. The molecule has 0 amide bonds. The summed E-state index contributed by atoms with van der Waals surface area (Å²) in [6.07, 6.45) is 2.87. The lowest BCUT2D eigenvalue weighted by Crippen LogP contribution is -2.33. The van der Waals surface area contributed by atoms with Gasteiger partial charge >= 0.3 is 0 Å². The van der Waals surface area contributed by atoms with Crippen molar-refractivity contribution in [1.82, 2.24) is 0 Å². The Morgan fingerprint density at radius 2 is 1.11 bits per heavy atom. The number of carbonyl (C=O) groups is 2. The molecule has 0 aliphatic heterocycles. The van der Waals surface area contributed by atoms with Crippen LogP contribution in [0.4, 0.5) is 0 Å². The fourth-order valence-corrected chi connectivity index (χ4v) is 2.23. The van der Waals surface area contributed by atoms with E-state index < -0.39 is 0 Å². The summed E-state index contributed by atoms with van der Waals surface area (Å²) in [7, 11) is 0. The minimum Gasteiger partial charge on any atom is -0.388 e. The number of ketones is 2. The summed E-state index contributed by atoms with van der Waals surface area (Å²) < 4.78 is 0. The minimum absolute atomic E-state index is 0.00641. The molecule has 0 aromatic heterocycles. The summed E-state index contributed by atoms with van der Waals surface area (Å²) >= 11 is 0. The van der Waals surface area contributed by atoms with Crippen molar-refractivity contribution in [3.63, 3.8) is 0 Å². The van der Waals surface area contributed by atoms with Crippen molar-refractivity contribution in [2.45, 2.75) is 72.4 Å². The second-order valence-electron chi connectivity index (χ2n) is 7.44. The van der Waals surface area contributed by atoms with Gasteiger partial charge in [-0.3, -0.25) is 19.6 Å². The Morgan fingerprint density at radius 1 is 0.750 bits per heavy atom. The predicted octanol–water partition coefficient (Wildman–Crippen LogP) is 0.289. The molecular formula is C19H41N7O2. The van der Waals surface area contributed by atoms with E-state index in [0.29, 0.717) is 31.8 Å². The maximum atomic E-state index is 11.4. The summed E-state index contributed by atoms with van der Waals surface area (Å²) in [5.41, 5.74) is 27.0. The number of rotatable bonds is 12. The molecule has 0 rings (SSSR count). The van der Waals surface area contributed by atoms with Crippen LogP contribution in [0.25, 0.3) is 0 Å². The van der Waals surface area contributed by atoms with E-state index in [1.807, 2.05) is 27.7 Å². The van der Waals surface area contributed by atoms with E-state index in [-0.39, 0.29) is 41.4 Å². The van der Waals surface area contributed by atoms with E-state index in [0.717, 1.165) is 12.8 Å². The molecule has 9 heteroatoms. The zero-order valence-corrected chi connectivity index (χ0v) is 18.1. The van der Waals surface area contributed by atoms with Gasteiger partial charge in [-0.2, -0.15) is 0 Å². The van der Waals surface area contributed by atoms with Crippen LogP contribution >= 0.6 is 0 Å². The van der Waals surface area contributed by atoms with Gasteiger partial charge in [0.25, 0.3) is 0 Å². The molecule has 0 bridgehead atoms. The van der Waals surface area contributed by atoms with E-state index in [2.05, 4.69) is 9.98 Å². The Balaban J connectivity index is 0. The number of hydrogen-bond donors (Lipinski definition) is 5. The highest BCUT2D eigenvalue weighted by Crippen LogP contribution is 2.04. The van der Waals surface area contributed by atoms with Crippen LogP contribution in [-0.4, -0.2) is 48.5 Å². The molecule has 0 aliphatic carbocycles. The number of carbonyl (C=O) groups excluding carboxylic acids is 2. The molecule has 0 aromatic carbocycles. The number of amidine groups is 1. The summed E-state index contributed by atoms with van der Waals surface area (Å²) in [6, 6.07) is -0.729. The zero-order chi connectivity index (χ0) is 22.3. The third-order valence-corrected chi connectivity index (χ3v) is 3.87. The average molecular weight is 400 g/mol. The van der Waals surface area contributed by atoms with Gasteiger partial charge in [-0.25, -0.2) is 0 Å². The molecule has 0 fully saturated rings. The third kappa shape index (κ3) is 16.2. The van der Waals surface area contributed by atoms with Gasteiger partial charge in [-0.15, -0.1) is 0 Å². The normalized spacial score (nSPS) is 13.5. The van der Waals surface area contributed by atoms with Crippen LogP contribution in [0.3, 0.4) is 0 Å². The maximum Gasteiger partial charge on any atom is 0.185 e. The Hall–Kier alpha value is -2.00. The number of nitrogens with two attached hydrogens (primary N) is 5. The quantitative estimate of drug-likeness (QED) is 0.177. The van der Waals surface area contributed by atoms with Gasteiger partial charge in [0.2, 0.25) is 0 Å². The van der Waals surface area contributed by atoms with Crippen LogP contribution in [0.15, 0.2) is 9.98 Å². The van der Waals surface area contributed by atoms with Crippen LogP contribution in [0.2, 0.25) is 0 Å². The summed E-state index contributed by atoms with van der Waals surface area (Å²) in [5, 5.41) is 0. The second-order valence-corrected chi connectivity index (χ2v) is 7.44. The standard InChI is InChI=1S/C10H21N3O.C9H20N4O/c1-7(2)10(14)9(12)5-4-6-13-8(3)11;1-6(2)8(14)7(10)4-3-5-13-9(11)12/h7,9H,4-6,12H2,1-3H3,(H2,11,13);6-7H,3-5,10H2,1-2H3,(H4,11,12,13)/t9-;7-/m10/s1. The van der Waals surface area contributed by atoms with Crippen molar-refractivity contribution >= 4 is 23.4 Å². The van der Waals surface area contributed by atoms with Crippen LogP contribution in [0.5, 0.6) is 0 Å². The number of guanidine groups is 1. The molecule has 0 spiro atoms. The molecule has 10 N–H and O–H groups in total. The molecule has 28 heavy (non-hydrogen) atoms. The van der Waals surface area contributed by atoms with Crippen LogP contribution < -0.4 is 28.7 Å². The molecule has 0 saturated heterocycles. The van der Waals surface area contributed by atoms with Crippen LogP contribution in [0.1, 0.15) is 60.3 Å². The second kappa shape index (κ2) is 16.0. The zero-order valence-electron chi connectivity index (χ0n) is 18.1. The van der Waals surface area contributed by atoms with Gasteiger partial charge in [0, 0.05) is 24.9 Å². The predicted molar refractivity (Wildman–Crippen MR) is 117 cm³/mol. The van der Waals surface area contributed by atoms with Crippen molar-refractivity contribution in [1.29, 1.82) is 0 Å². The first kappa shape index (κ1) is 28.2. The Labute approximate surface area is 169 Å². The summed E-state index contributed by atoms with van der Waals surface area (Å²) in [6.45, 7) is 10.4. The Morgan fingerprint density at radius 3 is 1.39 bits per heavy atom. The molecule has 2 atom stereocenters. The highest BCUT2D eigenvalue weighted by atomic mass is 16.1. The van der Waals surface area contributed by atoms with E-state index in [4.69, 9.17) is 28.7 Å². The van der Waals surface area contributed by atoms with E-state index in [1.165, 1.54) is 0 Å². The number of hydrogen-bond acceptors (Lipinski definition) is 6. The molecule has 0 unspecified atom stereocenters. The lowest BCUT2D eigenvalue weighted by molar-refractivity contribution is -0.124. The van der Waals surface area contributed by atoms with Gasteiger partial charge < -0.3 is 28.7 Å². The molecule has 164 valence electrons. The molecule has 0 radical (unpaired) electrons. The Bertz CT molecular complexity index is 462. The molecular weight excluding hydrogens is 358 g/mol. The van der Waals surface area contributed by atoms with Gasteiger partial charge in [0.05, 0.1) is 17.9 Å². The fourth-order valence-electron chi connectivity index (χ4n) is 2.23. The van der Waals surface area contributed by atoms with E-state index >= 15 is 0 Å². The van der Waals surface area contributed by atoms with Gasteiger partial charge in [-0.1, -0.05) is 27.7 Å². The maximum absolute atomic E-state index is 11.4. The Kier molecular flexibility index (Phi) is 16.1. The first-order valence-electron chi connectivity index (χ1n) is 9.80. The van der Waals surface area contributed by atoms with Crippen LogP contribution in [0, 0.1) is 11.8 Å². The molecule has 0 aromatic rings. The van der Waals surface area contributed by atoms with Crippen molar-refractivity contribution in [3.05, 3.63) is 0 Å². The minimum atomic E-state index is -0.385. The van der Waals surface area contributed by atoms with Gasteiger partial charge in [0.1, 0.15) is 0 Å². The van der Waals surface area contributed by atoms with Gasteiger partial charge in [0.15, 0.2) is 17.5 Å². The molecule has 0 saturated carbocycles. The van der Waals surface area contributed by atoms with E-state index in [1.54, 1.807) is 6.92 Å². The lowest BCUT2D eigenvalue weighted by atomic mass is 9.99. The number of nitrogens with zero attached hydrogens (tertiary/aromatic N) is 2. The van der Waals surface area contributed by atoms with Crippen molar-refractivity contribution in [2.75, 3.05) is 13.1 Å². The largest absolute Gasteiger partial charge is 0.388 e. The molecule has 0 aliphatic rings. The summed E-state index contributed by atoms with van der Waals surface area (Å²) in [4.78, 5) is 30.6. The van der Waals surface area contributed by atoms with Crippen molar-refractivity contribution in [3.8, 4) is 0 Å². The molecule has 0 heterocycles. The highest BCUT2D eigenvalue weighted by molar-refractivity contribution is 5.85. The number of aliphatic imine (C=N–C) groups is 2.